The molecule has 0 aromatic heterocycles. The van der Waals surface area contributed by atoms with Gasteiger partial charge in [-0.25, -0.2) is 4.39 Å². The summed E-state index contributed by atoms with van der Waals surface area (Å²) in [5.41, 5.74) is 9.28. The van der Waals surface area contributed by atoms with Crippen molar-refractivity contribution < 1.29 is 28.2 Å². The molecule has 3 rings (SSSR count). The molecule has 0 saturated carbocycles. The van der Waals surface area contributed by atoms with E-state index in [9.17, 15) is 18.8 Å². The van der Waals surface area contributed by atoms with Crippen LogP contribution in [0.25, 0.3) is 0 Å². The number of carbonyl (C=O) groups is 3. The van der Waals surface area contributed by atoms with E-state index >= 15 is 0 Å². The van der Waals surface area contributed by atoms with Crippen LogP contribution in [0.2, 0.25) is 0 Å². The monoisotopic (exact) mass is 414 g/mol. The molecule has 0 fully saturated rings. The molecule has 0 bridgehead atoms. The molecule has 158 valence electrons. The van der Waals surface area contributed by atoms with E-state index in [4.69, 9.17) is 10.5 Å². The number of fused-ring (bicyclic) bond motifs is 1. The maximum absolute atomic E-state index is 14.5. The smallest absolute Gasteiger partial charge is 0.325 e. The van der Waals surface area contributed by atoms with E-state index in [1.54, 1.807) is 12.1 Å². The Bertz CT molecular complexity index is 1020. The van der Waals surface area contributed by atoms with Crippen molar-refractivity contribution in [1.82, 2.24) is 5.32 Å². The minimum atomic E-state index is -0.703. The first-order valence-corrected chi connectivity index (χ1v) is 9.50. The van der Waals surface area contributed by atoms with Gasteiger partial charge in [0.15, 0.2) is 0 Å². The molecule has 2 aromatic rings. The number of primary amides is 1. The summed E-state index contributed by atoms with van der Waals surface area (Å²) < 4.78 is 24.4. The van der Waals surface area contributed by atoms with Gasteiger partial charge in [-0.05, 0) is 66.1 Å². The number of hydrogen-bond donors (Lipinski definition) is 2. The van der Waals surface area contributed by atoms with Crippen molar-refractivity contribution in [2.24, 2.45) is 5.73 Å². The lowest BCUT2D eigenvalue weighted by Crippen LogP contribution is -2.30. The normalized spacial score (nSPS) is 12.2. The number of nitrogens with two attached hydrogens (primary N) is 1. The van der Waals surface area contributed by atoms with Crippen LogP contribution in [0.4, 0.5) is 4.39 Å². The van der Waals surface area contributed by atoms with Crippen LogP contribution in [0.15, 0.2) is 24.3 Å². The molecule has 1 aliphatic rings. The van der Waals surface area contributed by atoms with E-state index in [2.05, 4.69) is 10.1 Å². The average Bonchev–Trinajstić information content (AvgIpc) is 3.21. The topological polar surface area (TPSA) is 108 Å². The fourth-order valence-electron chi connectivity index (χ4n) is 3.80. The number of carbonyl (C=O) groups excluding carboxylic acids is 3. The molecule has 7 nitrogen and oxygen atoms in total. The maximum atomic E-state index is 14.5. The highest BCUT2D eigenvalue weighted by molar-refractivity contribution is 5.97. The third kappa shape index (κ3) is 4.27. The first-order valence-electron chi connectivity index (χ1n) is 9.50. The van der Waals surface area contributed by atoms with Crippen LogP contribution in [0.5, 0.6) is 5.75 Å². The molecule has 8 heteroatoms. The SMILES string of the molecule is COC(=O)CNC(=O)c1ccc(Cc2cc(C(N)=O)c(OC)c3c2CCC3)cc1F. The summed E-state index contributed by atoms with van der Waals surface area (Å²) in [6.07, 6.45) is 2.96. The van der Waals surface area contributed by atoms with Crippen LogP contribution in [-0.2, 0) is 28.8 Å². The Hall–Kier alpha value is -3.42. The summed E-state index contributed by atoms with van der Waals surface area (Å²) in [6.45, 7) is -0.343. The Morgan fingerprint density at radius 2 is 1.83 bits per heavy atom. The van der Waals surface area contributed by atoms with Crippen molar-refractivity contribution in [3.8, 4) is 5.75 Å². The van der Waals surface area contributed by atoms with Crippen molar-refractivity contribution in [2.45, 2.75) is 25.7 Å². The molecule has 2 aromatic carbocycles. The van der Waals surface area contributed by atoms with Gasteiger partial charge in [-0.1, -0.05) is 6.07 Å². The van der Waals surface area contributed by atoms with E-state index in [-0.39, 0.29) is 12.1 Å². The van der Waals surface area contributed by atoms with E-state index in [1.165, 1.54) is 26.4 Å². The third-order valence-electron chi connectivity index (χ3n) is 5.21. The molecule has 0 unspecified atom stereocenters. The summed E-state index contributed by atoms with van der Waals surface area (Å²) >= 11 is 0. The Balaban J connectivity index is 1.87. The number of halogens is 1. The number of ether oxygens (including phenoxy) is 2. The van der Waals surface area contributed by atoms with Crippen molar-refractivity contribution in [1.29, 1.82) is 0 Å². The molecular weight excluding hydrogens is 391 g/mol. The van der Waals surface area contributed by atoms with E-state index in [1.807, 2.05) is 0 Å². The van der Waals surface area contributed by atoms with Gasteiger partial charge in [-0.15, -0.1) is 0 Å². The van der Waals surface area contributed by atoms with E-state index in [0.717, 1.165) is 36.0 Å². The van der Waals surface area contributed by atoms with Crippen LogP contribution in [0.1, 0.15) is 49.4 Å². The number of methoxy groups -OCH3 is 2. The lowest BCUT2D eigenvalue weighted by atomic mass is 9.93. The number of hydrogen-bond acceptors (Lipinski definition) is 5. The quantitative estimate of drug-likeness (QED) is 0.673. The lowest BCUT2D eigenvalue weighted by molar-refractivity contribution is -0.139. The summed E-state index contributed by atoms with van der Waals surface area (Å²) in [6, 6.07) is 6.00. The highest BCUT2D eigenvalue weighted by atomic mass is 19.1. The largest absolute Gasteiger partial charge is 0.496 e. The molecule has 2 amide bonds. The van der Waals surface area contributed by atoms with Gasteiger partial charge in [0.25, 0.3) is 11.8 Å². The van der Waals surface area contributed by atoms with Crippen molar-refractivity contribution in [3.63, 3.8) is 0 Å². The molecule has 0 heterocycles. The third-order valence-corrected chi connectivity index (χ3v) is 5.21. The molecule has 1 aliphatic carbocycles. The molecule has 3 N–H and O–H groups in total. The van der Waals surface area contributed by atoms with Gasteiger partial charge < -0.3 is 20.5 Å². The minimum Gasteiger partial charge on any atom is -0.496 e. The number of esters is 1. The van der Waals surface area contributed by atoms with Gasteiger partial charge in [0.05, 0.1) is 25.3 Å². The van der Waals surface area contributed by atoms with Crippen molar-refractivity contribution >= 4 is 17.8 Å². The number of benzene rings is 2. The van der Waals surface area contributed by atoms with Gasteiger partial charge in [0.1, 0.15) is 18.1 Å². The molecule has 0 atom stereocenters. The van der Waals surface area contributed by atoms with Crippen LogP contribution in [0.3, 0.4) is 0 Å². The van der Waals surface area contributed by atoms with E-state index < -0.39 is 23.6 Å². The van der Waals surface area contributed by atoms with Gasteiger partial charge in [-0.3, -0.25) is 14.4 Å². The minimum absolute atomic E-state index is 0.166. The number of nitrogens with one attached hydrogen (secondary N) is 1. The zero-order chi connectivity index (χ0) is 21.8. The Morgan fingerprint density at radius 1 is 1.10 bits per heavy atom. The highest BCUT2D eigenvalue weighted by Gasteiger charge is 2.25. The number of rotatable bonds is 7. The van der Waals surface area contributed by atoms with Gasteiger partial charge in [0, 0.05) is 0 Å². The van der Waals surface area contributed by atoms with Gasteiger partial charge >= 0.3 is 5.97 Å². The Labute approximate surface area is 173 Å². The zero-order valence-electron chi connectivity index (χ0n) is 16.8. The van der Waals surface area contributed by atoms with Crippen LogP contribution >= 0.6 is 0 Å². The average molecular weight is 414 g/mol. The second-order valence-electron chi connectivity index (χ2n) is 7.04. The highest BCUT2D eigenvalue weighted by Crippen LogP contribution is 2.37. The Kier molecular flexibility index (Phi) is 6.34. The summed E-state index contributed by atoms with van der Waals surface area (Å²) in [5.74, 6) is -2.09. The molecular formula is C22H23FN2O5. The Morgan fingerprint density at radius 3 is 2.47 bits per heavy atom. The van der Waals surface area contributed by atoms with Crippen LogP contribution < -0.4 is 15.8 Å². The zero-order valence-corrected chi connectivity index (χ0v) is 16.8. The molecule has 0 aliphatic heterocycles. The standard InChI is InChI=1S/C22H23FN2O5/c1-29-19(26)11-25-22(28)16-7-6-12(9-18(16)23)8-13-10-17(21(24)27)20(30-2)15-5-3-4-14(13)15/h6-7,9-10H,3-5,8,11H2,1-2H3,(H2,24,27)(H,25,28). The molecule has 0 spiro atoms. The van der Waals surface area contributed by atoms with Crippen LogP contribution in [0, 0.1) is 5.82 Å². The maximum Gasteiger partial charge on any atom is 0.325 e. The van der Waals surface area contributed by atoms with Gasteiger partial charge in [-0.2, -0.15) is 0 Å². The summed E-state index contributed by atoms with van der Waals surface area (Å²) in [4.78, 5) is 35.1. The van der Waals surface area contributed by atoms with Gasteiger partial charge in [0.2, 0.25) is 0 Å². The van der Waals surface area contributed by atoms with Crippen molar-refractivity contribution in [3.05, 3.63) is 63.5 Å². The summed E-state index contributed by atoms with van der Waals surface area (Å²) in [7, 11) is 2.71. The van der Waals surface area contributed by atoms with Crippen molar-refractivity contribution in [2.75, 3.05) is 20.8 Å². The second-order valence-corrected chi connectivity index (χ2v) is 7.04. The van der Waals surface area contributed by atoms with E-state index in [0.29, 0.717) is 23.3 Å². The summed E-state index contributed by atoms with van der Waals surface area (Å²) in [5, 5.41) is 2.31. The predicted molar refractivity (Wildman–Crippen MR) is 107 cm³/mol. The lowest BCUT2D eigenvalue weighted by Gasteiger charge is -2.16. The first kappa shape index (κ1) is 21.3. The second kappa shape index (κ2) is 8.94. The number of amides is 2. The molecule has 0 saturated heterocycles. The molecule has 0 radical (unpaired) electrons. The molecule has 30 heavy (non-hydrogen) atoms. The fraction of sp³-hybridized carbons (Fsp3) is 0.318. The first-order chi connectivity index (χ1) is 14.3. The predicted octanol–water partition coefficient (Wildman–Crippen LogP) is 1.92. The van der Waals surface area contributed by atoms with Crippen LogP contribution in [-0.4, -0.2) is 38.5 Å². The fourth-order valence-corrected chi connectivity index (χ4v) is 3.80.